The van der Waals surface area contributed by atoms with E-state index in [4.69, 9.17) is 9.94 Å². The van der Waals surface area contributed by atoms with Crippen LogP contribution in [0.15, 0.2) is 44.4 Å². The van der Waals surface area contributed by atoms with Gasteiger partial charge in [0.05, 0.1) is 15.2 Å². The van der Waals surface area contributed by atoms with Crippen LogP contribution in [0.2, 0.25) is 0 Å². The molecule has 0 fully saturated rings. The third-order valence-electron chi connectivity index (χ3n) is 3.22. The fourth-order valence-corrected chi connectivity index (χ4v) is 3.50. The van der Waals surface area contributed by atoms with Gasteiger partial charge in [-0.3, -0.25) is 0 Å². The van der Waals surface area contributed by atoms with Crippen LogP contribution in [0, 0.1) is 0 Å². The molecule has 122 valence electrons. The topological polar surface area (TPSA) is 62.0 Å². The first-order valence-corrected chi connectivity index (χ1v) is 8.49. The molecule has 0 heterocycles. The quantitative estimate of drug-likeness (QED) is 0.358. The summed E-state index contributed by atoms with van der Waals surface area (Å²) < 4.78 is 7.38. The summed E-state index contributed by atoms with van der Waals surface area (Å²) in [5.74, 6) is 1.47. The van der Waals surface area contributed by atoms with Crippen LogP contribution in [0.5, 0.6) is 17.2 Å². The summed E-state index contributed by atoms with van der Waals surface area (Å²) in [5, 5.41) is 21.7. The van der Waals surface area contributed by atoms with Crippen LogP contribution in [-0.4, -0.2) is 16.5 Å². The van der Waals surface area contributed by atoms with E-state index in [1.54, 1.807) is 24.3 Å². The van der Waals surface area contributed by atoms with E-state index in [0.29, 0.717) is 20.4 Å². The Morgan fingerprint density at radius 1 is 1.09 bits per heavy atom. The fraction of sp³-hybridized carbons (Fsp3) is 0.235. The van der Waals surface area contributed by atoms with E-state index in [9.17, 15) is 5.11 Å². The van der Waals surface area contributed by atoms with Crippen molar-refractivity contribution in [1.29, 1.82) is 0 Å². The second-order valence-electron chi connectivity index (χ2n) is 6.09. The summed E-state index contributed by atoms with van der Waals surface area (Å²) in [7, 11) is 0. The Morgan fingerprint density at radius 3 is 2.22 bits per heavy atom. The van der Waals surface area contributed by atoms with Gasteiger partial charge in [0, 0.05) is 5.56 Å². The molecular weight excluding hydrogens is 426 g/mol. The van der Waals surface area contributed by atoms with Crippen molar-refractivity contribution in [2.24, 2.45) is 5.16 Å². The van der Waals surface area contributed by atoms with Gasteiger partial charge in [0.25, 0.3) is 0 Å². The number of aromatic hydroxyl groups is 1. The van der Waals surface area contributed by atoms with E-state index in [-0.39, 0.29) is 11.2 Å². The van der Waals surface area contributed by atoms with Gasteiger partial charge >= 0.3 is 0 Å². The van der Waals surface area contributed by atoms with Crippen LogP contribution in [0.1, 0.15) is 31.9 Å². The molecule has 0 aromatic heterocycles. The highest BCUT2D eigenvalue weighted by atomic mass is 79.9. The third-order valence-corrected chi connectivity index (χ3v) is 4.40. The number of hydrogen-bond acceptors (Lipinski definition) is 4. The van der Waals surface area contributed by atoms with Gasteiger partial charge in [-0.1, -0.05) is 25.9 Å². The molecule has 23 heavy (non-hydrogen) atoms. The van der Waals surface area contributed by atoms with E-state index in [1.807, 2.05) is 26.8 Å². The van der Waals surface area contributed by atoms with Crippen LogP contribution in [0.3, 0.4) is 0 Å². The number of oxime groups is 1. The fourth-order valence-electron chi connectivity index (χ4n) is 2.12. The zero-order valence-corrected chi connectivity index (χ0v) is 16.1. The smallest absolute Gasteiger partial charge is 0.155 e. The molecule has 0 saturated heterocycles. The lowest BCUT2D eigenvalue weighted by molar-refractivity contribution is 0.322. The number of hydrogen-bond donors (Lipinski definition) is 2. The van der Waals surface area contributed by atoms with Gasteiger partial charge in [-0.05, 0) is 73.2 Å². The summed E-state index contributed by atoms with van der Waals surface area (Å²) in [4.78, 5) is 0. The van der Waals surface area contributed by atoms with Crippen molar-refractivity contribution >= 4 is 38.1 Å². The van der Waals surface area contributed by atoms with Crippen molar-refractivity contribution < 1.29 is 15.1 Å². The molecule has 0 aliphatic heterocycles. The average Bonchev–Trinajstić information content (AvgIpc) is 2.43. The second kappa shape index (κ2) is 6.93. The molecule has 2 N–H and O–H groups in total. The Bertz CT molecular complexity index is 729. The maximum Gasteiger partial charge on any atom is 0.155 e. The van der Waals surface area contributed by atoms with Gasteiger partial charge in [0.15, 0.2) is 5.75 Å². The lowest BCUT2D eigenvalue weighted by Gasteiger charge is -2.21. The van der Waals surface area contributed by atoms with Crippen molar-refractivity contribution in [2.45, 2.75) is 26.2 Å². The number of benzene rings is 2. The third kappa shape index (κ3) is 4.26. The zero-order valence-electron chi connectivity index (χ0n) is 13.0. The van der Waals surface area contributed by atoms with Crippen LogP contribution in [0.25, 0.3) is 0 Å². The molecule has 0 bridgehead atoms. The van der Waals surface area contributed by atoms with Crippen molar-refractivity contribution in [3.8, 4) is 17.2 Å². The minimum absolute atomic E-state index is 0.195. The number of nitrogens with zero attached hydrogens (tertiary/aromatic N) is 1. The van der Waals surface area contributed by atoms with Gasteiger partial charge in [-0.2, -0.15) is 0 Å². The first-order chi connectivity index (χ1) is 10.7. The summed E-state index contributed by atoms with van der Waals surface area (Å²) in [6.07, 6.45) is 1.33. The number of ether oxygens (including phenoxy) is 1. The molecule has 0 aliphatic carbocycles. The molecule has 0 spiro atoms. The van der Waals surface area contributed by atoms with Crippen molar-refractivity contribution in [2.75, 3.05) is 0 Å². The van der Waals surface area contributed by atoms with Crippen molar-refractivity contribution in [1.82, 2.24) is 0 Å². The highest BCUT2D eigenvalue weighted by Gasteiger charge is 2.19. The van der Waals surface area contributed by atoms with Crippen molar-refractivity contribution in [3.05, 3.63) is 50.4 Å². The molecule has 0 unspecified atom stereocenters. The van der Waals surface area contributed by atoms with E-state index in [1.165, 1.54) is 6.21 Å². The molecular formula is C17H17Br2NO3. The molecule has 0 aliphatic rings. The van der Waals surface area contributed by atoms with E-state index >= 15 is 0 Å². The summed E-state index contributed by atoms with van der Waals surface area (Å²) in [6, 6.07) is 8.74. The van der Waals surface area contributed by atoms with Crippen LogP contribution < -0.4 is 4.74 Å². The second-order valence-corrected chi connectivity index (χ2v) is 7.80. The van der Waals surface area contributed by atoms with Crippen LogP contribution >= 0.6 is 31.9 Å². The molecule has 2 aromatic rings. The molecule has 0 radical (unpaired) electrons. The summed E-state index contributed by atoms with van der Waals surface area (Å²) >= 11 is 6.90. The monoisotopic (exact) mass is 441 g/mol. The first kappa shape index (κ1) is 17.8. The van der Waals surface area contributed by atoms with Crippen molar-refractivity contribution in [3.63, 3.8) is 0 Å². The SMILES string of the molecule is CC(C)(C)c1cc(Oc2c(Br)cc(C=NO)cc2Br)ccc1O. The minimum Gasteiger partial charge on any atom is -0.508 e. The number of phenolic OH excluding ortho intramolecular Hbond substituents is 1. The van der Waals surface area contributed by atoms with Crippen LogP contribution in [0.4, 0.5) is 0 Å². The minimum atomic E-state index is -0.195. The van der Waals surface area contributed by atoms with E-state index < -0.39 is 0 Å². The highest BCUT2D eigenvalue weighted by molar-refractivity contribution is 9.11. The molecule has 6 heteroatoms. The Labute approximate surface area is 152 Å². The molecule has 4 nitrogen and oxygen atoms in total. The number of phenols is 1. The van der Waals surface area contributed by atoms with E-state index in [2.05, 4.69) is 37.0 Å². The molecule has 0 amide bonds. The summed E-state index contributed by atoms with van der Waals surface area (Å²) in [5.41, 5.74) is 1.34. The lowest BCUT2D eigenvalue weighted by atomic mass is 9.86. The maximum atomic E-state index is 10.0. The van der Waals surface area contributed by atoms with E-state index in [0.717, 1.165) is 11.1 Å². The van der Waals surface area contributed by atoms with Gasteiger partial charge < -0.3 is 15.1 Å². The maximum absolute atomic E-state index is 10.0. The highest BCUT2D eigenvalue weighted by Crippen LogP contribution is 2.40. The van der Waals surface area contributed by atoms with Gasteiger partial charge in [0.1, 0.15) is 11.5 Å². The predicted molar refractivity (Wildman–Crippen MR) is 98.1 cm³/mol. The molecule has 0 saturated carbocycles. The zero-order chi connectivity index (χ0) is 17.2. The number of rotatable bonds is 3. The Kier molecular flexibility index (Phi) is 5.37. The first-order valence-electron chi connectivity index (χ1n) is 6.90. The lowest BCUT2D eigenvalue weighted by Crippen LogP contribution is -2.11. The molecule has 2 aromatic carbocycles. The van der Waals surface area contributed by atoms with Crippen LogP contribution in [-0.2, 0) is 5.41 Å². The normalized spacial score (nSPS) is 11.9. The van der Waals surface area contributed by atoms with Gasteiger partial charge in [-0.15, -0.1) is 0 Å². The largest absolute Gasteiger partial charge is 0.508 e. The predicted octanol–water partition coefficient (Wildman–Crippen LogP) is 5.82. The van der Waals surface area contributed by atoms with Gasteiger partial charge in [0.2, 0.25) is 0 Å². The Hall–Kier alpha value is -1.53. The number of halogens is 2. The Morgan fingerprint density at radius 2 is 1.70 bits per heavy atom. The Balaban J connectivity index is 2.40. The standard InChI is InChI=1S/C17H17Br2NO3/c1-17(2,3)12-8-11(4-5-15(12)21)23-16-13(18)6-10(9-20-22)7-14(16)19/h4-9,21-22H,1-3H3. The van der Waals surface area contributed by atoms with Gasteiger partial charge in [-0.25, -0.2) is 0 Å². The molecule has 2 rings (SSSR count). The summed E-state index contributed by atoms with van der Waals surface area (Å²) in [6.45, 7) is 6.09. The average molecular weight is 443 g/mol. The molecule has 0 atom stereocenters.